The highest BCUT2D eigenvalue weighted by molar-refractivity contribution is 7.26. The smallest absolute Gasteiger partial charge is 0.0998 e. The van der Waals surface area contributed by atoms with Gasteiger partial charge in [-0.1, -0.05) is 109 Å². The van der Waals surface area contributed by atoms with Crippen molar-refractivity contribution in [1.29, 1.82) is 10.5 Å². The predicted molar refractivity (Wildman–Crippen MR) is 229 cm³/mol. The van der Waals surface area contributed by atoms with E-state index in [9.17, 15) is 10.5 Å². The van der Waals surface area contributed by atoms with Gasteiger partial charge in [-0.15, -0.1) is 22.7 Å². The molecule has 0 aliphatic rings. The van der Waals surface area contributed by atoms with Gasteiger partial charge < -0.3 is 0 Å². The summed E-state index contributed by atoms with van der Waals surface area (Å²) in [6, 6.07) is 64.3. The Labute approximate surface area is 320 Å². The van der Waals surface area contributed by atoms with E-state index in [2.05, 4.69) is 133 Å². The largest absolute Gasteiger partial charge is 0.192 e. The van der Waals surface area contributed by atoms with Gasteiger partial charge >= 0.3 is 0 Å². The second-order valence-corrected chi connectivity index (χ2v) is 15.6. The first-order valence-corrected chi connectivity index (χ1v) is 19.4. The van der Waals surface area contributed by atoms with Gasteiger partial charge in [-0.2, -0.15) is 10.5 Å². The average Bonchev–Trinajstić information content (AvgIpc) is 3.82. The highest BCUT2D eigenvalue weighted by Crippen LogP contribution is 2.45. The first kappa shape index (κ1) is 31.9. The maximum Gasteiger partial charge on any atom is 0.0998 e. The van der Waals surface area contributed by atoms with Crippen LogP contribution in [0.2, 0.25) is 0 Å². The van der Waals surface area contributed by atoms with Crippen molar-refractivity contribution in [3.8, 4) is 67.8 Å². The van der Waals surface area contributed by atoms with Gasteiger partial charge in [0.1, 0.15) is 0 Å². The van der Waals surface area contributed by atoms with Crippen molar-refractivity contribution >= 4 is 63.0 Å². The van der Waals surface area contributed by atoms with Crippen molar-refractivity contribution in [2.24, 2.45) is 0 Å². The van der Waals surface area contributed by atoms with Crippen LogP contribution in [-0.4, -0.2) is 0 Å². The van der Waals surface area contributed by atoms with E-state index in [4.69, 9.17) is 0 Å². The Bertz CT molecular complexity index is 3000. The van der Waals surface area contributed by atoms with Gasteiger partial charge in [0.15, 0.2) is 0 Å². The topological polar surface area (TPSA) is 47.6 Å². The molecule has 2 aromatic heterocycles. The molecule has 0 saturated carbocycles. The summed E-state index contributed by atoms with van der Waals surface area (Å²) in [5.74, 6) is 0. The zero-order chi connectivity index (χ0) is 36.2. The van der Waals surface area contributed by atoms with Crippen LogP contribution in [-0.2, 0) is 0 Å². The number of thiophene rings is 2. The molecule has 0 aliphatic carbocycles. The molecule has 0 fully saturated rings. The van der Waals surface area contributed by atoms with Gasteiger partial charge in [-0.05, 0) is 116 Å². The molecule has 0 atom stereocenters. The molecule has 0 spiro atoms. The summed E-state index contributed by atoms with van der Waals surface area (Å²) in [5.41, 5.74) is 11.5. The summed E-state index contributed by atoms with van der Waals surface area (Å²) >= 11 is 3.68. The van der Waals surface area contributed by atoms with Crippen molar-refractivity contribution in [2.45, 2.75) is 0 Å². The molecule has 0 aliphatic heterocycles. The van der Waals surface area contributed by atoms with Crippen LogP contribution >= 0.6 is 22.7 Å². The Morgan fingerprint density at radius 1 is 0.315 bits per heavy atom. The summed E-state index contributed by atoms with van der Waals surface area (Å²) in [6.45, 7) is 0. The summed E-state index contributed by atoms with van der Waals surface area (Å²) < 4.78 is 5.08. The Morgan fingerprint density at radius 2 is 0.648 bits per heavy atom. The van der Waals surface area contributed by atoms with E-state index >= 15 is 0 Å². The lowest BCUT2D eigenvalue weighted by Gasteiger charge is -2.16. The molecule has 10 rings (SSSR count). The summed E-state index contributed by atoms with van der Waals surface area (Å²) in [7, 11) is 0. The molecule has 250 valence electrons. The van der Waals surface area contributed by atoms with Gasteiger partial charge in [0.05, 0.1) is 23.3 Å². The molecule has 0 radical (unpaired) electrons. The monoisotopic (exact) mass is 720 g/mol. The fourth-order valence-electron chi connectivity index (χ4n) is 7.82. The zero-order valence-electron chi connectivity index (χ0n) is 28.9. The molecule has 4 heteroatoms. The minimum absolute atomic E-state index is 0.608. The number of fused-ring (bicyclic) bond motifs is 6. The van der Waals surface area contributed by atoms with Crippen molar-refractivity contribution < 1.29 is 0 Å². The standard InChI is InChI=1S/C50H28N2S2/c51-29-31-11-1-3-13-39(31)35-23-33(24-36(27-35)40-14-4-2-12-32(40)30-52)34-25-37(41-17-9-19-45-43-15-5-7-21-47(43)53-49(41)45)28-38(26-34)42-18-10-20-46-44-16-6-8-22-48(44)54-50(42)46/h1-28H. The summed E-state index contributed by atoms with van der Waals surface area (Å²) in [5, 5.41) is 25.4. The van der Waals surface area contributed by atoms with Gasteiger partial charge in [0.2, 0.25) is 0 Å². The molecular formula is C50H28N2S2. The highest BCUT2D eigenvalue weighted by Gasteiger charge is 2.18. The molecule has 0 N–H and O–H groups in total. The number of rotatable bonds is 5. The molecule has 2 heterocycles. The third-order valence-electron chi connectivity index (χ3n) is 10.3. The first-order valence-electron chi connectivity index (χ1n) is 17.8. The Kier molecular flexibility index (Phi) is 7.67. The van der Waals surface area contributed by atoms with Crippen molar-refractivity contribution in [2.75, 3.05) is 0 Å². The first-order chi connectivity index (χ1) is 26.7. The summed E-state index contributed by atoms with van der Waals surface area (Å²) in [6.07, 6.45) is 0. The fourth-order valence-corrected chi connectivity index (χ4v) is 10.3. The lowest BCUT2D eigenvalue weighted by molar-refractivity contribution is 1.47. The third-order valence-corrected chi connectivity index (χ3v) is 12.8. The van der Waals surface area contributed by atoms with Gasteiger partial charge in [0.25, 0.3) is 0 Å². The number of hydrogen-bond donors (Lipinski definition) is 0. The van der Waals surface area contributed by atoms with Crippen LogP contribution in [0.3, 0.4) is 0 Å². The molecule has 8 aromatic carbocycles. The number of nitrogens with zero attached hydrogens (tertiary/aromatic N) is 2. The van der Waals surface area contributed by atoms with E-state index in [0.29, 0.717) is 11.1 Å². The van der Waals surface area contributed by atoms with Crippen LogP contribution in [0, 0.1) is 22.7 Å². The number of hydrogen-bond acceptors (Lipinski definition) is 4. The molecule has 0 amide bonds. The lowest BCUT2D eigenvalue weighted by atomic mass is 9.88. The number of nitriles is 2. The Balaban J connectivity index is 1.28. The van der Waals surface area contributed by atoms with E-state index in [0.717, 1.165) is 44.5 Å². The molecule has 54 heavy (non-hydrogen) atoms. The van der Waals surface area contributed by atoms with E-state index in [1.807, 2.05) is 71.2 Å². The zero-order valence-corrected chi connectivity index (χ0v) is 30.5. The fraction of sp³-hybridized carbons (Fsp3) is 0. The van der Waals surface area contributed by atoms with Crippen LogP contribution in [0.1, 0.15) is 11.1 Å². The average molecular weight is 721 g/mol. The second-order valence-electron chi connectivity index (χ2n) is 13.5. The maximum atomic E-state index is 10.1. The van der Waals surface area contributed by atoms with Gasteiger partial charge in [0, 0.05) is 40.3 Å². The minimum Gasteiger partial charge on any atom is -0.192 e. The molecular weight excluding hydrogens is 693 g/mol. The van der Waals surface area contributed by atoms with Crippen molar-refractivity contribution in [1.82, 2.24) is 0 Å². The molecule has 10 aromatic rings. The van der Waals surface area contributed by atoms with Crippen LogP contribution in [0.25, 0.3) is 96.0 Å². The maximum absolute atomic E-state index is 10.1. The van der Waals surface area contributed by atoms with Crippen LogP contribution < -0.4 is 0 Å². The predicted octanol–water partition coefficient (Wildman–Crippen LogP) is 14.5. The number of benzene rings is 8. The SMILES string of the molecule is N#Cc1ccccc1-c1cc(-c2cc(-c3cccc4c3sc3ccccc34)cc(-c3cccc4c3sc3ccccc34)c2)cc(-c2ccccc2C#N)c1. The Hall–Kier alpha value is -6.82. The van der Waals surface area contributed by atoms with Crippen LogP contribution in [0.5, 0.6) is 0 Å². The summed E-state index contributed by atoms with van der Waals surface area (Å²) in [4.78, 5) is 0. The quantitative estimate of drug-likeness (QED) is 0.178. The molecule has 2 nitrogen and oxygen atoms in total. The molecule has 0 bridgehead atoms. The van der Waals surface area contributed by atoms with Gasteiger partial charge in [-0.3, -0.25) is 0 Å². The minimum atomic E-state index is 0.608. The highest BCUT2D eigenvalue weighted by atomic mass is 32.1. The van der Waals surface area contributed by atoms with E-state index in [-0.39, 0.29) is 0 Å². The van der Waals surface area contributed by atoms with E-state index in [1.54, 1.807) is 0 Å². The molecule has 0 unspecified atom stereocenters. The molecule has 0 saturated heterocycles. The van der Waals surface area contributed by atoms with Crippen LogP contribution in [0.4, 0.5) is 0 Å². The van der Waals surface area contributed by atoms with Gasteiger partial charge in [-0.25, -0.2) is 0 Å². The van der Waals surface area contributed by atoms with E-state index in [1.165, 1.54) is 51.5 Å². The van der Waals surface area contributed by atoms with Crippen LogP contribution in [0.15, 0.2) is 170 Å². The van der Waals surface area contributed by atoms with E-state index < -0.39 is 0 Å². The third kappa shape index (κ3) is 5.28. The van der Waals surface area contributed by atoms with Crippen molar-refractivity contribution in [3.63, 3.8) is 0 Å². The second kappa shape index (κ2) is 13.0. The Morgan fingerprint density at radius 3 is 1.09 bits per heavy atom. The lowest BCUT2D eigenvalue weighted by Crippen LogP contribution is -1.91. The normalized spacial score (nSPS) is 11.3. The van der Waals surface area contributed by atoms with Crippen molar-refractivity contribution in [3.05, 3.63) is 181 Å².